The lowest BCUT2D eigenvalue weighted by atomic mass is 9.84. The van der Waals surface area contributed by atoms with E-state index < -0.39 is 5.54 Å². The van der Waals surface area contributed by atoms with Crippen LogP contribution < -0.4 is 4.90 Å². The molecule has 1 N–H and O–H groups in total. The van der Waals surface area contributed by atoms with Gasteiger partial charge in [-0.15, -0.1) is 5.10 Å². The minimum atomic E-state index is -0.504. The Labute approximate surface area is 229 Å². The Kier molecular flexibility index (Phi) is 7.36. The minimum Gasteiger partial charge on any atom is -0.339 e. The molecule has 0 radical (unpaired) electrons. The molecule has 2 aliphatic heterocycles. The number of aromatic nitrogens is 4. The first-order valence-electron chi connectivity index (χ1n) is 13.9. The zero-order chi connectivity index (χ0) is 26.5. The molecule has 0 saturated carbocycles. The van der Waals surface area contributed by atoms with Gasteiger partial charge in [0, 0.05) is 37.7 Å². The van der Waals surface area contributed by atoms with Gasteiger partial charge in [-0.05, 0) is 59.5 Å². The topological polar surface area (TPSA) is 81.2 Å². The molecule has 0 aliphatic carbocycles. The van der Waals surface area contributed by atoms with Gasteiger partial charge in [0.25, 0.3) is 0 Å². The van der Waals surface area contributed by atoms with Crippen LogP contribution in [0, 0.1) is 0 Å². The number of hydrogen-bond donors (Lipinski definition) is 1. The van der Waals surface area contributed by atoms with E-state index in [1.807, 2.05) is 11.0 Å². The number of benzene rings is 3. The SMILES string of the molecule is O=C1N(CCc2nnn[nH]2)CN(c2ccccc2)C12CCN(CCC(c1ccccc1)c1ccccc1)CC2. The first-order chi connectivity index (χ1) is 19.2. The largest absolute Gasteiger partial charge is 0.339 e. The Morgan fingerprint density at radius 2 is 1.44 bits per heavy atom. The van der Waals surface area contributed by atoms with Crippen LogP contribution in [0.4, 0.5) is 5.69 Å². The van der Waals surface area contributed by atoms with Gasteiger partial charge in [0.1, 0.15) is 11.4 Å². The molecule has 2 aliphatic rings. The smallest absolute Gasteiger partial charge is 0.250 e. The van der Waals surface area contributed by atoms with Crippen molar-refractivity contribution in [3.8, 4) is 0 Å². The second-order valence-corrected chi connectivity index (χ2v) is 10.6. The summed E-state index contributed by atoms with van der Waals surface area (Å²) in [6.45, 7) is 4.01. The van der Waals surface area contributed by atoms with E-state index in [1.54, 1.807) is 0 Å². The zero-order valence-corrected chi connectivity index (χ0v) is 22.2. The van der Waals surface area contributed by atoms with Crippen molar-refractivity contribution in [2.45, 2.75) is 37.1 Å². The lowest BCUT2D eigenvalue weighted by Crippen LogP contribution is -2.56. The Bertz CT molecular complexity index is 1280. The first-order valence-corrected chi connectivity index (χ1v) is 13.9. The molecule has 0 bridgehead atoms. The van der Waals surface area contributed by atoms with Crippen LogP contribution in [0.3, 0.4) is 0 Å². The average molecular weight is 522 g/mol. The summed E-state index contributed by atoms with van der Waals surface area (Å²) in [6, 6.07) is 32.0. The number of tetrazole rings is 1. The number of likely N-dealkylation sites (tertiary alicyclic amines) is 1. The number of anilines is 1. The molecule has 1 amide bonds. The van der Waals surface area contributed by atoms with Crippen molar-refractivity contribution in [3.05, 3.63) is 108 Å². The highest BCUT2D eigenvalue weighted by Gasteiger charge is 2.53. The fourth-order valence-corrected chi connectivity index (χ4v) is 6.25. The second kappa shape index (κ2) is 11.4. The summed E-state index contributed by atoms with van der Waals surface area (Å²) in [5.41, 5.74) is 3.32. The van der Waals surface area contributed by atoms with Gasteiger partial charge >= 0.3 is 0 Å². The summed E-state index contributed by atoms with van der Waals surface area (Å²) in [4.78, 5) is 20.8. The predicted octanol–water partition coefficient (Wildman–Crippen LogP) is 4.11. The molecule has 2 fully saturated rings. The van der Waals surface area contributed by atoms with Crippen molar-refractivity contribution in [1.29, 1.82) is 0 Å². The van der Waals surface area contributed by atoms with Crippen LogP contribution >= 0.6 is 0 Å². The molecule has 0 unspecified atom stereocenters. The van der Waals surface area contributed by atoms with Crippen molar-refractivity contribution in [1.82, 2.24) is 30.4 Å². The molecule has 1 aromatic heterocycles. The van der Waals surface area contributed by atoms with E-state index in [-0.39, 0.29) is 5.91 Å². The number of aromatic amines is 1. The van der Waals surface area contributed by atoms with Gasteiger partial charge in [0.15, 0.2) is 0 Å². The first kappa shape index (κ1) is 25.2. The third kappa shape index (κ3) is 5.29. The second-order valence-electron chi connectivity index (χ2n) is 10.6. The summed E-state index contributed by atoms with van der Waals surface area (Å²) in [6.07, 6.45) is 3.31. The molecule has 2 saturated heterocycles. The monoisotopic (exact) mass is 521 g/mol. The molecule has 0 atom stereocenters. The molecule has 8 nitrogen and oxygen atoms in total. The van der Waals surface area contributed by atoms with Gasteiger partial charge in [-0.25, -0.2) is 5.10 Å². The van der Waals surface area contributed by atoms with Crippen molar-refractivity contribution in [3.63, 3.8) is 0 Å². The van der Waals surface area contributed by atoms with Crippen LogP contribution in [0.15, 0.2) is 91.0 Å². The van der Waals surface area contributed by atoms with E-state index in [2.05, 4.69) is 115 Å². The van der Waals surface area contributed by atoms with E-state index in [0.717, 1.165) is 44.6 Å². The number of piperidine rings is 1. The summed E-state index contributed by atoms with van der Waals surface area (Å²) >= 11 is 0. The highest BCUT2D eigenvalue weighted by molar-refractivity contribution is 5.93. The summed E-state index contributed by atoms with van der Waals surface area (Å²) in [7, 11) is 0. The number of hydrogen-bond acceptors (Lipinski definition) is 6. The third-order valence-electron chi connectivity index (χ3n) is 8.41. The van der Waals surface area contributed by atoms with Gasteiger partial charge in [-0.3, -0.25) is 4.79 Å². The number of H-pyrrole nitrogens is 1. The van der Waals surface area contributed by atoms with Gasteiger partial charge in [0.05, 0.1) is 6.67 Å². The molecular formula is C31H35N7O. The van der Waals surface area contributed by atoms with Gasteiger partial charge in [-0.1, -0.05) is 78.9 Å². The number of rotatable bonds is 9. The molecule has 3 heterocycles. The lowest BCUT2D eigenvalue weighted by Gasteiger charge is -2.43. The molecule has 8 heteroatoms. The predicted molar refractivity (Wildman–Crippen MR) is 151 cm³/mol. The Balaban J connectivity index is 1.15. The average Bonchev–Trinajstić information content (AvgIpc) is 3.61. The number of carbonyl (C=O) groups excluding carboxylic acids is 1. The van der Waals surface area contributed by atoms with Gasteiger partial charge in [0.2, 0.25) is 5.91 Å². The Morgan fingerprint density at radius 3 is 2.03 bits per heavy atom. The van der Waals surface area contributed by atoms with E-state index in [4.69, 9.17) is 0 Å². The highest BCUT2D eigenvalue weighted by Crippen LogP contribution is 2.40. The molecular weight excluding hydrogens is 486 g/mol. The van der Waals surface area contributed by atoms with Crippen LogP contribution in [0.2, 0.25) is 0 Å². The Hall–Kier alpha value is -4.04. The highest BCUT2D eigenvalue weighted by atomic mass is 16.2. The van der Waals surface area contributed by atoms with Crippen LogP contribution in [-0.2, 0) is 11.2 Å². The number of para-hydroxylation sites is 1. The normalized spacial score (nSPS) is 17.4. The van der Waals surface area contributed by atoms with Crippen LogP contribution in [0.25, 0.3) is 0 Å². The van der Waals surface area contributed by atoms with E-state index in [0.29, 0.717) is 31.4 Å². The minimum absolute atomic E-state index is 0.227. The van der Waals surface area contributed by atoms with Gasteiger partial charge < -0.3 is 14.7 Å². The van der Waals surface area contributed by atoms with Crippen molar-refractivity contribution < 1.29 is 4.79 Å². The number of nitrogens with zero attached hydrogens (tertiary/aromatic N) is 6. The maximum atomic E-state index is 14.0. The fraction of sp³-hybridized carbons (Fsp3) is 0.355. The molecule has 1 spiro atoms. The zero-order valence-electron chi connectivity index (χ0n) is 22.2. The summed E-state index contributed by atoms with van der Waals surface area (Å²) < 4.78 is 0. The van der Waals surface area contributed by atoms with E-state index >= 15 is 0 Å². The number of nitrogens with one attached hydrogen (secondary N) is 1. The number of amides is 1. The number of carbonyl (C=O) groups is 1. The van der Waals surface area contributed by atoms with Crippen molar-refractivity contribution in [2.24, 2.45) is 0 Å². The summed E-state index contributed by atoms with van der Waals surface area (Å²) in [5, 5.41) is 14.1. The molecule has 200 valence electrons. The van der Waals surface area contributed by atoms with Crippen LogP contribution in [0.5, 0.6) is 0 Å². The van der Waals surface area contributed by atoms with E-state index in [1.165, 1.54) is 11.1 Å². The maximum Gasteiger partial charge on any atom is 0.250 e. The molecule has 6 rings (SSSR count). The van der Waals surface area contributed by atoms with Crippen LogP contribution in [-0.4, -0.2) is 74.7 Å². The van der Waals surface area contributed by atoms with E-state index in [9.17, 15) is 4.79 Å². The van der Waals surface area contributed by atoms with Crippen molar-refractivity contribution in [2.75, 3.05) is 37.7 Å². The van der Waals surface area contributed by atoms with Crippen molar-refractivity contribution >= 4 is 11.6 Å². The third-order valence-corrected chi connectivity index (χ3v) is 8.41. The molecule has 39 heavy (non-hydrogen) atoms. The van der Waals surface area contributed by atoms with Crippen LogP contribution in [0.1, 0.15) is 42.1 Å². The maximum absolute atomic E-state index is 14.0. The lowest BCUT2D eigenvalue weighted by molar-refractivity contribution is -0.133. The standard InChI is InChI=1S/C31H35N7O/c39-30-31(38(27-14-8-3-9-15-27)24-37(30)21-17-29-32-34-35-33-29)18-22-36(23-19-31)20-16-28(25-10-4-1-5-11-25)26-12-6-2-7-13-26/h1-15,28H,16-24H2,(H,32,33,34,35). The Morgan fingerprint density at radius 1 is 0.821 bits per heavy atom. The van der Waals surface area contributed by atoms with Gasteiger partial charge in [-0.2, -0.15) is 0 Å². The molecule has 4 aromatic rings. The fourth-order valence-electron chi connectivity index (χ4n) is 6.25. The summed E-state index contributed by atoms with van der Waals surface area (Å²) in [5.74, 6) is 1.29. The quantitative estimate of drug-likeness (QED) is 0.357. The molecule has 3 aromatic carbocycles.